The molecule has 4 rings (SSSR count). The molecule has 0 saturated carbocycles. The molecular formula is C23H28N2O2. The Morgan fingerprint density at radius 3 is 2.63 bits per heavy atom. The summed E-state index contributed by atoms with van der Waals surface area (Å²) in [5.41, 5.74) is 2.34. The molecular weight excluding hydrogens is 336 g/mol. The van der Waals surface area contributed by atoms with E-state index in [1.165, 1.54) is 10.9 Å². The molecule has 4 nitrogen and oxygen atoms in total. The lowest BCUT2D eigenvalue weighted by molar-refractivity contribution is 0.0532. The highest BCUT2D eigenvalue weighted by Crippen LogP contribution is 2.22. The number of para-hydroxylation sites is 1. The molecule has 0 aliphatic carbocycles. The van der Waals surface area contributed by atoms with E-state index in [2.05, 4.69) is 52.3 Å². The maximum absolute atomic E-state index is 9.53. The van der Waals surface area contributed by atoms with Crippen LogP contribution >= 0.6 is 0 Å². The lowest BCUT2D eigenvalue weighted by atomic mass is 10.1. The van der Waals surface area contributed by atoms with Gasteiger partial charge >= 0.3 is 0 Å². The van der Waals surface area contributed by atoms with Gasteiger partial charge in [-0.05, 0) is 30.5 Å². The summed E-state index contributed by atoms with van der Waals surface area (Å²) in [5.74, 6) is 1.02. The van der Waals surface area contributed by atoms with E-state index in [9.17, 15) is 5.11 Å². The van der Waals surface area contributed by atoms with Gasteiger partial charge in [-0.1, -0.05) is 48.5 Å². The minimum Gasteiger partial charge on any atom is -0.460 e. The van der Waals surface area contributed by atoms with Gasteiger partial charge in [-0.2, -0.15) is 0 Å². The fourth-order valence-electron chi connectivity index (χ4n) is 4.07. The first-order valence-corrected chi connectivity index (χ1v) is 9.90. The average Bonchev–Trinajstić information content (AvgIpc) is 3.11. The van der Waals surface area contributed by atoms with Crippen LogP contribution in [0.5, 0.6) is 0 Å². The van der Waals surface area contributed by atoms with Gasteiger partial charge in [0.25, 0.3) is 0 Å². The monoisotopic (exact) mass is 364 g/mol. The molecule has 1 aliphatic heterocycles. The van der Waals surface area contributed by atoms with Gasteiger partial charge in [0.2, 0.25) is 0 Å². The van der Waals surface area contributed by atoms with Crippen molar-refractivity contribution in [2.45, 2.75) is 25.4 Å². The van der Waals surface area contributed by atoms with Crippen LogP contribution in [0.3, 0.4) is 0 Å². The number of aliphatic hydroxyl groups excluding tert-OH is 1. The maximum atomic E-state index is 9.53. The SMILES string of the molecule is OCC[C@H]1CN(Cc2cc3ccccc3o2)CCN1CCc1ccccc1. The second-order valence-electron chi connectivity index (χ2n) is 7.42. The molecule has 2 aromatic carbocycles. The zero-order valence-corrected chi connectivity index (χ0v) is 15.8. The van der Waals surface area contributed by atoms with E-state index in [1.807, 2.05) is 18.2 Å². The molecule has 1 saturated heterocycles. The van der Waals surface area contributed by atoms with Crippen molar-refractivity contribution in [3.8, 4) is 0 Å². The van der Waals surface area contributed by atoms with E-state index >= 15 is 0 Å². The van der Waals surface area contributed by atoms with Crippen molar-refractivity contribution >= 4 is 11.0 Å². The van der Waals surface area contributed by atoms with E-state index < -0.39 is 0 Å². The summed E-state index contributed by atoms with van der Waals surface area (Å²) in [6.07, 6.45) is 1.89. The van der Waals surface area contributed by atoms with Crippen molar-refractivity contribution < 1.29 is 9.52 Å². The third-order valence-electron chi connectivity index (χ3n) is 5.54. The molecule has 3 aromatic rings. The van der Waals surface area contributed by atoms with E-state index in [1.54, 1.807) is 0 Å². The molecule has 0 amide bonds. The molecule has 0 unspecified atom stereocenters. The van der Waals surface area contributed by atoms with Crippen LogP contribution in [0.4, 0.5) is 0 Å². The predicted molar refractivity (Wildman–Crippen MR) is 109 cm³/mol. The summed E-state index contributed by atoms with van der Waals surface area (Å²) in [5, 5.41) is 10.7. The third kappa shape index (κ3) is 4.59. The summed E-state index contributed by atoms with van der Waals surface area (Å²) in [7, 11) is 0. The number of hydrogen-bond donors (Lipinski definition) is 1. The van der Waals surface area contributed by atoms with Crippen LogP contribution < -0.4 is 0 Å². The van der Waals surface area contributed by atoms with Gasteiger partial charge in [0.15, 0.2) is 0 Å². The fourth-order valence-corrected chi connectivity index (χ4v) is 4.07. The van der Waals surface area contributed by atoms with Crippen molar-refractivity contribution in [3.05, 3.63) is 72.0 Å². The van der Waals surface area contributed by atoms with Crippen molar-refractivity contribution in [1.29, 1.82) is 0 Å². The number of furan rings is 1. The summed E-state index contributed by atoms with van der Waals surface area (Å²) >= 11 is 0. The lowest BCUT2D eigenvalue weighted by Crippen LogP contribution is -2.53. The summed E-state index contributed by atoms with van der Waals surface area (Å²) in [4.78, 5) is 5.00. The van der Waals surface area contributed by atoms with Gasteiger partial charge in [-0.3, -0.25) is 9.80 Å². The van der Waals surface area contributed by atoms with E-state index in [4.69, 9.17) is 4.42 Å². The topological polar surface area (TPSA) is 39.9 Å². The zero-order valence-electron chi connectivity index (χ0n) is 15.8. The Hall–Kier alpha value is -2.14. The minimum atomic E-state index is 0.241. The fraction of sp³-hybridized carbons (Fsp3) is 0.391. The van der Waals surface area contributed by atoms with Crippen molar-refractivity contribution in [2.75, 3.05) is 32.8 Å². The van der Waals surface area contributed by atoms with Crippen LogP contribution in [0.2, 0.25) is 0 Å². The second kappa shape index (κ2) is 8.70. The molecule has 1 fully saturated rings. The van der Waals surface area contributed by atoms with Crippen molar-refractivity contribution in [2.24, 2.45) is 0 Å². The normalized spacial score (nSPS) is 18.9. The molecule has 1 aliphatic rings. The Bertz CT molecular complexity index is 813. The largest absolute Gasteiger partial charge is 0.460 e. The molecule has 1 N–H and O–H groups in total. The highest BCUT2D eigenvalue weighted by Gasteiger charge is 2.26. The number of nitrogens with zero attached hydrogens (tertiary/aromatic N) is 2. The summed E-state index contributed by atoms with van der Waals surface area (Å²) in [6, 6.07) is 21.4. The number of benzene rings is 2. The van der Waals surface area contributed by atoms with Gasteiger partial charge in [0.05, 0.1) is 6.54 Å². The van der Waals surface area contributed by atoms with Crippen molar-refractivity contribution in [1.82, 2.24) is 9.80 Å². The van der Waals surface area contributed by atoms with Crippen LogP contribution in [0, 0.1) is 0 Å². The summed E-state index contributed by atoms with van der Waals surface area (Å²) < 4.78 is 5.99. The quantitative estimate of drug-likeness (QED) is 0.696. The molecule has 0 spiro atoms. The molecule has 142 valence electrons. The Morgan fingerprint density at radius 1 is 1.00 bits per heavy atom. The third-order valence-corrected chi connectivity index (χ3v) is 5.54. The predicted octanol–water partition coefficient (Wildman–Crippen LogP) is 3.54. The molecule has 2 heterocycles. The highest BCUT2D eigenvalue weighted by atomic mass is 16.3. The van der Waals surface area contributed by atoms with Crippen molar-refractivity contribution in [3.63, 3.8) is 0 Å². The lowest BCUT2D eigenvalue weighted by Gasteiger charge is -2.41. The Balaban J connectivity index is 1.36. The Morgan fingerprint density at radius 2 is 1.81 bits per heavy atom. The molecule has 4 heteroatoms. The van der Waals surface area contributed by atoms with E-state index in [-0.39, 0.29) is 6.61 Å². The molecule has 1 atom stereocenters. The number of aliphatic hydroxyl groups is 1. The first-order chi connectivity index (χ1) is 13.3. The summed E-state index contributed by atoms with van der Waals surface area (Å²) in [6.45, 7) is 5.18. The van der Waals surface area contributed by atoms with Crippen LogP contribution in [-0.2, 0) is 13.0 Å². The minimum absolute atomic E-state index is 0.241. The molecule has 0 radical (unpaired) electrons. The average molecular weight is 364 g/mol. The van der Waals surface area contributed by atoms with Gasteiger partial charge in [-0.15, -0.1) is 0 Å². The smallest absolute Gasteiger partial charge is 0.134 e. The second-order valence-corrected chi connectivity index (χ2v) is 7.42. The first-order valence-electron chi connectivity index (χ1n) is 9.90. The standard InChI is InChI=1S/C23H28N2O2/c26-15-11-21-17-24(18-22-16-20-8-4-5-9-23(20)27-22)13-14-25(21)12-10-19-6-2-1-3-7-19/h1-9,16,21,26H,10-15,17-18H2/t21-/m0/s1. The van der Waals surface area contributed by atoms with Gasteiger partial charge in [0.1, 0.15) is 11.3 Å². The van der Waals surface area contributed by atoms with Crippen LogP contribution in [0.1, 0.15) is 17.7 Å². The first kappa shape index (κ1) is 18.2. The van der Waals surface area contributed by atoms with Crippen LogP contribution in [-0.4, -0.2) is 53.7 Å². The van der Waals surface area contributed by atoms with Gasteiger partial charge in [-0.25, -0.2) is 0 Å². The van der Waals surface area contributed by atoms with Gasteiger partial charge in [0, 0.05) is 44.2 Å². The van der Waals surface area contributed by atoms with Crippen LogP contribution in [0.25, 0.3) is 11.0 Å². The number of piperazine rings is 1. The number of hydrogen-bond acceptors (Lipinski definition) is 4. The molecule has 27 heavy (non-hydrogen) atoms. The number of rotatable bonds is 7. The molecule has 1 aromatic heterocycles. The zero-order chi connectivity index (χ0) is 18.5. The van der Waals surface area contributed by atoms with Gasteiger partial charge < -0.3 is 9.52 Å². The Kier molecular flexibility index (Phi) is 5.87. The van der Waals surface area contributed by atoms with E-state index in [0.29, 0.717) is 6.04 Å². The number of fused-ring (bicyclic) bond motifs is 1. The van der Waals surface area contributed by atoms with Crippen LogP contribution in [0.15, 0.2) is 65.1 Å². The molecule has 0 bridgehead atoms. The highest BCUT2D eigenvalue weighted by molar-refractivity contribution is 5.77. The Labute approximate surface area is 161 Å². The van der Waals surface area contributed by atoms with E-state index in [0.717, 1.165) is 56.9 Å². The maximum Gasteiger partial charge on any atom is 0.134 e.